The van der Waals surface area contributed by atoms with Crippen molar-refractivity contribution < 1.29 is 18.0 Å². The van der Waals surface area contributed by atoms with Crippen LogP contribution in [-0.4, -0.2) is 22.9 Å². The maximum atomic E-state index is 13.2. The Balaban J connectivity index is 1.99. The van der Waals surface area contributed by atoms with Gasteiger partial charge in [-0.1, -0.05) is 17.8 Å². The number of hydrogen-bond acceptors (Lipinski definition) is 2. The second-order valence-electron chi connectivity index (χ2n) is 7.60. The quantitative estimate of drug-likeness (QED) is 0.602. The first-order chi connectivity index (χ1) is 13.1. The van der Waals surface area contributed by atoms with Gasteiger partial charge >= 0.3 is 6.18 Å². The Labute approximate surface area is 168 Å². The van der Waals surface area contributed by atoms with Gasteiger partial charge in [0.15, 0.2) is 0 Å². The van der Waals surface area contributed by atoms with Crippen molar-refractivity contribution in [3.8, 4) is 0 Å². The van der Waals surface area contributed by atoms with Gasteiger partial charge in [0, 0.05) is 27.4 Å². The second-order valence-corrected chi connectivity index (χ2v) is 8.69. The molecule has 0 fully saturated rings. The lowest BCUT2D eigenvalue weighted by atomic mass is 9.97. The van der Waals surface area contributed by atoms with Gasteiger partial charge in [0.1, 0.15) is 0 Å². The SMILES string of the molecule is CC(C)N(C(=O)c1cccc2c1CCc1cc(C(F)(F)F)ccc1S2)C(C)C. The van der Waals surface area contributed by atoms with Gasteiger partial charge in [-0.05, 0) is 82.0 Å². The summed E-state index contributed by atoms with van der Waals surface area (Å²) in [5.74, 6) is -0.0237. The Kier molecular flexibility index (Phi) is 5.80. The molecule has 0 N–H and O–H groups in total. The molecule has 0 saturated heterocycles. The molecule has 0 radical (unpaired) electrons. The lowest BCUT2D eigenvalue weighted by Crippen LogP contribution is -2.42. The van der Waals surface area contributed by atoms with E-state index in [-0.39, 0.29) is 18.0 Å². The average Bonchev–Trinajstić information content (AvgIpc) is 2.78. The van der Waals surface area contributed by atoms with Gasteiger partial charge in [0.05, 0.1) is 5.56 Å². The first-order valence-electron chi connectivity index (χ1n) is 9.42. The first kappa shape index (κ1) is 20.8. The van der Waals surface area contributed by atoms with Crippen LogP contribution in [0.25, 0.3) is 0 Å². The van der Waals surface area contributed by atoms with Gasteiger partial charge in [0.2, 0.25) is 0 Å². The van der Waals surface area contributed by atoms with Crippen molar-refractivity contribution in [1.82, 2.24) is 4.90 Å². The fraction of sp³-hybridized carbons (Fsp3) is 0.409. The number of nitrogens with zero attached hydrogens (tertiary/aromatic N) is 1. The van der Waals surface area contributed by atoms with E-state index < -0.39 is 11.7 Å². The van der Waals surface area contributed by atoms with Gasteiger partial charge in [-0.15, -0.1) is 0 Å². The van der Waals surface area contributed by atoms with Crippen LogP contribution < -0.4 is 0 Å². The molecule has 28 heavy (non-hydrogen) atoms. The standard InChI is InChI=1S/C22H24F3NOS/c1-13(2)26(14(3)4)21(27)18-6-5-7-20-17(18)10-8-15-12-16(22(23,24)25)9-11-19(15)28-20/h5-7,9,11-14H,8,10H2,1-4H3. The summed E-state index contributed by atoms with van der Waals surface area (Å²) >= 11 is 1.44. The smallest absolute Gasteiger partial charge is 0.334 e. The van der Waals surface area contributed by atoms with Crippen molar-refractivity contribution in [1.29, 1.82) is 0 Å². The zero-order valence-electron chi connectivity index (χ0n) is 16.4. The van der Waals surface area contributed by atoms with Gasteiger partial charge in [-0.25, -0.2) is 0 Å². The van der Waals surface area contributed by atoms with E-state index in [1.165, 1.54) is 17.8 Å². The van der Waals surface area contributed by atoms with E-state index in [4.69, 9.17) is 0 Å². The number of aryl methyl sites for hydroxylation is 1. The van der Waals surface area contributed by atoms with Gasteiger partial charge in [-0.2, -0.15) is 13.2 Å². The highest BCUT2D eigenvalue weighted by Gasteiger charge is 2.32. The molecular weight excluding hydrogens is 383 g/mol. The van der Waals surface area contributed by atoms with E-state index >= 15 is 0 Å². The van der Waals surface area contributed by atoms with Crippen LogP contribution >= 0.6 is 11.8 Å². The summed E-state index contributed by atoms with van der Waals surface area (Å²) in [6.45, 7) is 7.96. The highest BCUT2D eigenvalue weighted by molar-refractivity contribution is 7.99. The molecule has 150 valence electrons. The van der Waals surface area contributed by atoms with Crippen LogP contribution in [0, 0.1) is 0 Å². The van der Waals surface area contributed by atoms with Crippen LogP contribution in [0.1, 0.15) is 54.7 Å². The number of fused-ring (bicyclic) bond motifs is 2. The first-order valence-corrected chi connectivity index (χ1v) is 10.2. The third kappa shape index (κ3) is 4.07. The number of carbonyl (C=O) groups is 1. The molecule has 0 bridgehead atoms. The predicted molar refractivity (Wildman–Crippen MR) is 106 cm³/mol. The summed E-state index contributed by atoms with van der Waals surface area (Å²) < 4.78 is 39.2. The summed E-state index contributed by atoms with van der Waals surface area (Å²) in [6.07, 6.45) is -3.33. The largest absolute Gasteiger partial charge is 0.416 e. The normalized spacial score (nSPS) is 13.9. The fourth-order valence-electron chi connectivity index (χ4n) is 3.75. The van der Waals surface area contributed by atoms with E-state index in [9.17, 15) is 18.0 Å². The van der Waals surface area contributed by atoms with Crippen LogP contribution in [0.15, 0.2) is 46.2 Å². The second kappa shape index (κ2) is 7.82. The maximum Gasteiger partial charge on any atom is 0.416 e. The van der Waals surface area contributed by atoms with E-state index in [1.807, 2.05) is 50.8 Å². The van der Waals surface area contributed by atoms with E-state index in [1.54, 1.807) is 6.07 Å². The summed E-state index contributed by atoms with van der Waals surface area (Å²) in [6, 6.07) is 9.67. The summed E-state index contributed by atoms with van der Waals surface area (Å²) in [5, 5.41) is 0. The van der Waals surface area contributed by atoms with Gasteiger partial charge in [0.25, 0.3) is 5.91 Å². The van der Waals surface area contributed by atoms with Crippen LogP contribution in [-0.2, 0) is 19.0 Å². The maximum absolute atomic E-state index is 13.2. The molecular formula is C22H24F3NOS. The van der Waals surface area contributed by atoms with Crippen LogP contribution in [0.4, 0.5) is 13.2 Å². The fourth-order valence-corrected chi connectivity index (χ4v) is 4.90. The Morgan fingerprint density at radius 3 is 2.29 bits per heavy atom. The molecule has 1 aliphatic heterocycles. The zero-order valence-corrected chi connectivity index (χ0v) is 17.2. The molecule has 0 aromatic heterocycles. The lowest BCUT2D eigenvalue weighted by Gasteiger charge is -2.31. The molecule has 0 unspecified atom stereocenters. The number of amides is 1. The Hall–Kier alpha value is -1.95. The third-order valence-corrected chi connectivity index (χ3v) is 6.18. The minimum absolute atomic E-state index is 0.0237. The summed E-state index contributed by atoms with van der Waals surface area (Å²) in [7, 11) is 0. The molecule has 1 heterocycles. The van der Waals surface area contributed by atoms with Crippen molar-refractivity contribution >= 4 is 17.7 Å². The van der Waals surface area contributed by atoms with E-state index in [0.29, 0.717) is 24.0 Å². The lowest BCUT2D eigenvalue weighted by molar-refractivity contribution is -0.137. The molecule has 1 amide bonds. The monoisotopic (exact) mass is 407 g/mol. The van der Waals surface area contributed by atoms with Crippen LogP contribution in [0.5, 0.6) is 0 Å². The molecule has 3 rings (SSSR count). The Bertz CT molecular complexity index is 882. The molecule has 6 heteroatoms. The molecule has 1 aliphatic rings. The van der Waals surface area contributed by atoms with Crippen molar-refractivity contribution in [3.05, 3.63) is 58.7 Å². The van der Waals surface area contributed by atoms with Gasteiger partial charge < -0.3 is 4.90 Å². The van der Waals surface area contributed by atoms with Gasteiger partial charge in [-0.3, -0.25) is 4.79 Å². The number of benzene rings is 2. The van der Waals surface area contributed by atoms with Crippen molar-refractivity contribution in [2.24, 2.45) is 0 Å². The summed E-state index contributed by atoms with van der Waals surface area (Å²) in [5.41, 5.74) is 1.63. The highest BCUT2D eigenvalue weighted by Crippen LogP contribution is 2.41. The van der Waals surface area contributed by atoms with Crippen molar-refractivity contribution in [2.45, 2.75) is 68.6 Å². The number of carbonyl (C=O) groups excluding carboxylic acids is 1. The Morgan fingerprint density at radius 1 is 1.00 bits per heavy atom. The van der Waals surface area contributed by atoms with Crippen LogP contribution in [0.2, 0.25) is 0 Å². The van der Waals surface area contributed by atoms with Crippen LogP contribution in [0.3, 0.4) is 0 Å². The molecule has 0 atom stereocenters. The minimum atomic E-state index is -4.35. The minimum Gasteiger partial charge on any atom is -0.334 e. The topological polar surface area (TPSA) is 20.3 Å². The summed E-state index contributed by atoms with van der Waals surface area (Å²) in [4.78, 5) is 16.8. The molecule has 2 nitrogen and oxygen atoms in total. The predicted octanol–water partition coefficient (Wildman–Crippen LogP) is 6.21. The molecule has 0 aliphatic carbocycles. The molecule has 0 spiro atoms. The van der Waals surface area contributed by atoms with E-state index in [0.717, 1.165) is 21.4 Å². The Morgan fingerprint density at radius 2 is 1.68 bits per heavy atom. The van der Waals surface area contributed by atoms with Crippen molar-refractivity contribution in [2.75, 3.05) is 0 Å². The molecule has 2 aromatic carbocycles. The molecule has 0 saturated carbocycles. The van der Waals surface area contributed by atoms with E-state index in [2.05, 4.69) is 0 Å². The third-order valence-electron chi connectivity index (χ3n) is 4.96. The number of hydrogen-bond donors (Lipinski definition) is 0. The van der Waals surface area contributed by atoms with Crippen molar-refractivity contribution in [3.63, 3.8) is 0 Å². The molecule has 2 aromatic rings. The number of alkyl halides is 3. The number of halogens is 3. The zero-order chi connectivity index (χ0) is 20.6. The number of rotatable bonds is 3. The average molecular weight is 408 g/mol. The highest BCUT2D eigenvalue weighted by atomic mass is 32.2.